The zero-order valence-electron chi connectivity index (χ0n) is 17.6. The van der Waals surface area contributed by atoms with E-state index in [9.17, 15) is 4.79 Å². The number of morpholine rings is 1. The molecule has 164 valence electrons. The van der Waals surface area contributed by atoms with Crippen LogP contribution >= 0.6 is 11.3 Å². The van der Waals surface area contributed by atoms with Crippen molar-refractivity contribution in [1.29, 1.82) is 0 Å². The molecule has 8 heteroatoms. The summed E-state index contributed by atoms with van der Waals surface area (Å²) in [7, 11) is 0. The minimum Gasteiger partial charge on any atom is -0.492 e. The van der Waals surface area contributed by atoms with Gasteiger partial charge in [0, 0.05) is 37.0 Å². The first kappa shape index (κ1) is 20.8. The maximum absolute atomic E-state index is 12.5. The molecule has 0 aliphatic carbocycles. The Kier molecular flexibility index (Phi) is 6.24. The second kappa shape index (κ2) is 9.60. The molecule has 0 bridgehead atoms. The zero-order valence-corrected chi connectivity index (χ0v) is 18.5. The van der Waals surface area contributed by atoms with Gasteiger partial charge in [-0.15, -0.1) is 11.3 Å². The number of benzene rings is 2. The van der Waals surface area contributed by atoms with E-state index in [2.05, 4.69) is 15.0 Å². The standard InChI is InChI=1S/C24H24N4O3S/c29-23-20(16-18-6-2-1-3-7-18)26-28-21(17-32-24(28)25-23)19-8-4-5-9-22(19)31-15-12-27-10-13-30-14-11-27/h1-9,17H,10-16H2. The van der Waals surface area contributed by atoms with E-state index < -0.39 is 0 Å². The summed E-state index contributed by atoms with van der Waals surface area (Å²) >= 11 is 1.40. The number of hydrogen-bond acceptors (Lipinski definition) is 7. The van der Waals surface area contributed by atoms with E-state index in [0.717, 1.165) is 55.4 Å². The Morgan fingerprint density at radius 2 is 1.81 bits per heavy atom. The molecule has 1 aliphatic heterocycles. The molecule has 0 atom stereocenters. The molecule has 0 radical (unpaired) electrons. The van der Waals surface area contributed by atoms with Gasteiger partial charge in [0.25, 0.3) is 5.56 Å². The molecule has 32 heavy (non-hydrogen) atoms. The average molecular weight is 449 g/mol. The van der Waals surface area contributed by atoms with E-state index in [1.807, 2.05) is 60.0 Å². The molecule has 7 nitrogen and oxygen atoms in total. The van der Waals surface area contributed by atoms with E-state index in [4.69, 9.17) is 9.47 Å². The van der Waals surface area contributed by atoms with Crippen LogP contribution < -0.4 is 10.3 Å². The lowest BCUT2D eigenvalue weighted by atomic mass is 10.1. The van der Waals surface area contributed by atoms with Crippen molar-refractivity contribution in [3.63, 3.8) is 0 Å². The van der Waals surface area contributed by atoms with Gasteiger partial charge in [-0.25, -0.2) is 4.52 Å². The first-order valence-corrected chi connectivity index (χ1v) is 11.6. The number of rotatable bonds is 7. The summed E-state index contributed by atoms with van der Waals surface area (Å²) in [5.41, 5.74) is 2.98. The van der Waals surface area contributed by atoms with Crippen molar-refractivity contribution in [3.05, 3.63) is 81.6 Å². The molecule has 1 fully saturated rings. The van der Waals surface area contributed by atoms with E-state index in [1.54, 1.807) is 4.52 Å². The van der Waals surface area contributed by atoms with Gasteiger partial charge in [0.15, 0.2) is 0 Å². The van der Waals surface area contributed by atoms with Gasteiger partial charge in [-0.2, -0.15) is 10.1 Å². The Morgan fingerprint density at radius 1 is 1.03 bits per heavy atom. The number of hydrogen-bond donors (Lipinski definition) is 0. The predicted molar refractivity (Wildman–Crippen MR) is 125 cm³/mol. The highest BCUT2D eigenvalue weighted by Gasteiger charge is 2.16. The molecule has 0 unspecified atom stereocenters. The van der Waals surface area contributed by atoms with Crippen molar-refractivity contribution < 1.29 is 9.47 Å². The summed E-state index contributed by atoms with van der Waals surface area (Å²) < 4.78 is 13.3. The topological polar surface area (TPSA) is 69.0 Å². The second-order valence-corrected chi connectivity index (χ2v) is 8.48. The summed E-state index contributed by atoms with van der Waals surface area (Å²) in [6, 6.07) is 17.8. The van der Waals surface area contributed by atoms with Gasteiger partial charge in [0.05, 0.1) is 18.9 Å². The van der Waals surface area contributed by atoms with Crippen LogP contribution in [0, 0.1) is 0 Å². The van der Waals surface area contributed by atoms with Crippen LogP contribution in [0.3, 0.4) is 0 Å². The van der Waals surface area contributed by atoms with E-state index in [-0.39, 0.29) is 5.56 Å². The Morgan fingerprint density at radius 3 is 2.66 bits per heavy atom. The fraction of sp³-hybridized carbons (Fsp3) is 0.292. The first-order valence-electron chi connectivity index (χ1n) is 10.7. The Balaban J connectivity index is 1.42. The lowest BCUT2D eigenvalue weighted by Gasteiger charge is -2.26. The Bertz CT molecular complexity index is 1250. The third-order valence-electron chi connectivity index (χ3n) is 5.50. The van der Waals surface area contributed by atoms with Gasteiger partial charge < -0.3 is 9.47 Å². The van der Waals surface area contributed by atoms with Crippen LogP contribution in [0.5, 0.6) is 5.75 Å². The number of aromatic nitrogens is 3. The van der Waals surface area contributed by atoms with Crippen LogP contribution in [-0.4, -0.2) is 59.0 Å². The van der Waals surface area contributed by atoms with Gasteiger partial charge in [-0.1, -0.05) is 42.5 Å². The van der Waals surface area contributed by atoms with Crippen LogP contribution in [0.2, 0.25) is 0 Å². The first-order chi connectivity index (χ1) is 15.8. The van der Waals surface area contributed by atoms with E-state index in [1.165, 1.54) is 11.3 Å². The zero-order chi connectivity index (χ0) is 21.8. The lowest BCUT2D eigenvalue weighted by molar-refractivity contribution is 0.0323. The average Bonchev–Trinajstić information content (AvgIpc) is 3.23. The van der Waals surface area contributed by atoms with Gasteiger partial charge in [0.1, 0.15) is 18.1 Å². The predicted octanol–water partition coefficient (Wildman–Crippen LogP) is 3.12. The van der Waals surface area contributed by atoms with E-state index >= 15 is 0 Å². The molecule has 0 amide bonds. The third-order valence-corrected chi connectivity index (χ3v) is 6.31. The lowest BCUT2D eigenvalue weighted by Crippen LogP contribution is -2.38. The van der Waals surface area contributed by atoms with Crippen molar-refractivity contribution in [2.75, 3.05) is 39.5 Å². The van der Waals surface area contributed by atoms with Gasteiger partial charge in [0.2, 0.25) is 4.96 Å². The maximum Gasteiger partial charge on any atom is 0.296 e. The van der Waals surface area contributed by atoms with Crippen molar-refractivity contribution in [1.82, 2.24) is 19.5 Å². The Labute approximate surface area is 189 Å². The van der Waals surface area contributed by atoms with Crippen molar-refractivity contribution in [2.45, 2.75) is 6.42 Å². The smallest absolute Gasteiger partial charge is 0.296 e. The third kappa shape index (κ3) is 4.57. The van der Waals surface area contributed by atoms with Crippen LogP contribution in [0.15, 0.2) is 64.8 Å². The molecule has 0 N–H and O–H groups in total. The minimum absolute atomic E-state index is 0.280. The maximum atomic E-state index is 12.5. The van der Waals surface area contributed by atoms with Gasteiger partial charge in [-0.05, 0) is 17.7 Å². The largest absolute Gasteiger partial charge is 0.492 e. The van der Waals surface area contributed by atoms with E-state index in [0.29, 0.717) is 23.7 Å². The van der Waals surface area contributed by atoms with Crippen molar-refractivity contribution in [3.8, 4) is 17.0 Å². The van der Waals surface area contributed by atoms with Crippen LogP contribution in [0.25, 0.3) is 16.2 Å². The highest BCUT2D eigenvalue weighted by atomic mass is 32.1. The molecule has 2 aromatic carbocycles. The number of thiazole rings is 1. The monoisotopic (exact) mass is 448 g/mol. The van der Waals surface area contributed by atoms with Crippen molar-refractivity contribution >= 4 is 16.3 Å². The van der Waals surface area contributed by atoms with Gasteiger partial charge >= 0.3 is 0 Å². The van der Waals surface area contributed by atoms with Crippen LogP contribution in [0.1, 0.15) is 11.3 Å². The second-order valence-electron chi connectivity index (χ2n) is 7.64. The summed E-state index contributed by atoms with van der Waals surface area (Å²) in [6.45, 7) is 4.88. The molecule has 0 saturated carbocycles. The molecule has 0 spiro atoms. The molecule has 2 aromatic heterocycles. The normalized spacial score (nSPS) is 14.6. The summed E-state index contributed by atoms with van der Waals surface area (Å²) in [6.07, 6.45) is 0.447. The molecular weight excluding hydrogens is 424 g/mol. The number of para-hydroxylation sites is 1. The number of ether oxygens (including phenoxy) is 2. The summed E-state index contributed by atoms with van der Waals surface area (Å²) in [5.74, 6) is 0.797. The fourth-order valence-electron chi connectivity index (χ4n) is 3.79. The molecule has 1 aliphatic rings. The fourth-order valence-corrected chi connectivity index (χ4v) is 4.61. The molecule has 5 rings (SSSR count). The molecule has 4 aromatic rings. The van der Waals surface area contributed by atoms with Crippen LogP contribution in [-0.2, 0) is 11.2 Å². The highest BCUT2D eigenvalue weighted by molar-refractivity contribution is 7.15. The minimum atomic E-state index is -0.280. The SMILES string of the molecule is O=c1nc2scc(-c3ccccc3OCCN3CCOCC3)n2nc1Cc1ccccc1. The Hall–Kier alpha value is -3.07. The van der Waals surface area contributed by atoms with Gasteiger partial charge in [-0.3, -0.25) is 9.69 Å². The molecule has 3 heterocycles. The quantitative estimate of drug-likeness (QED) is 0.433. The number of nitrogens with zero attached hydrogens (tertiary/aromatic N) is 4. The molecule has 1 saturated heterocycles. The van der Waals surface area contributed by atoms with Crippen molar-refractivity contribution in [2.24, 2.45) is 0 Å². The summed E-state index contributed by atoms with van der Waals surface area (Å²) in [5, 5.41) is 6.65. The van der Waals surface area contributed by atoms with Crippen LogP contribution in [0.4, 0.5) is 0 Å². The highest BCUT2D eigenvalue weighted by Crippen LogP contribution is 2.32. The molecular formula is C24H24N4O3S. The number of fused-ring (bicyclic) bond motifs is 1. The summed E-state index contributed by atoms with van der Waals surface area (Å²) in [4.78, 5) is 19.7.